The van der Waals surface area contributed by atoms with Crippen LogP contribution in [0.1, 0.15) is 56.1 Å². The van der Waals surface area contributed by atoms with E-state index in [1.807, 2.05) is 23.7 Å². The van der Waals surface area contributed by atoms with Crippen molar-refractivity contribution in [2.75, 3.05) is 19.6 Å². The molecule has 5 heterocycles. The fourth-order valence-corrected chi connectivity index (χ4v) is 5.43. The summed E-state index contributed by atoms with van der Waals surface area (Å²) >= 11 is 0. The second-order valence-corrected chi connectivity index (χ2v) is 8.73. The van der Waals surface area contributed by atoms with Gasteiger partial charge >= 0.3 is 0 Å². The van der Waals surface area contributed by atoms with Gasteiger partial charge in [-0.3, -0.25) is 9.69 Å². The molecule has 0 aliphatic carbocycles. The summed E-state index contributed by atoms with van der Waals surface area (Å²) in [4.78, 5) is 22.3. The Morgan fingerprint density at radius 2 is 2.04 bits per heavy atom. The third kappa shape index (κ3) is 3.01. The highest BCUT2D eigenvalue weighted by Gasteiger charge is 2.43. The van der Waals surface area contributed by atoms with E-state index in [2.05, 4.69) is 33.7 Å². The lowest BCUT2D eigenvalue weighted by Gasteiger charge is -2.38. The number of aryl methyl sites for hydroxylation is 1. The number of morpholine rings is 1. The smallest absolute Gasteiger partial charge is 0.224 e. The number of carbonyl (C=O) groups is 1. The van der Waals surface area contributed by atoms with Gasteiger partial charge in [0, 0.05) is 56.3 Å². The van der Waals surface area contributed by atoms with E-state index < -0.39 is 0 Å². The molecule has 3 aliphatic heterocycles. The number of rotatable bonds is 3. The fraction of sp³-hybridized carbons (Fsp3) is 0.667. The Bertz CT molecular complexity index is 900. The summed E-state index contributed by atoms with van der Waals surface area (Å²) < 4.78 is 7.80. The van der Waals surface area contributed by atoms with Crippen LogP contribution in [0.25, 0.3) is 5.65 Å². The number of ether oxygens (including phenoxy) is 1. The van der Waals surface area contributed by atoms with Gasteiger partial charge in [-0.15, -0.1) is 0 Å². The van der Waals surface area contributed by atoms with E-state index in [0.717, 1.165) is 50.2 Å². The molecule has 0 aromatic carbocycles. The number of aromatic nitrogens is 3. The molecule has 5 rings (SSSR count). The maximum atomic E-state index is 13.2. The molecule has 2 aromatic rings. The molecule has 2 bridgehead atoms. The lowest BCUT2D eigenvalue weighted by atomic mass is 9.98. The summed E-state index contributed by atoms with van der Waals surface area (Å²) in [7, 11) is 0. The van der Waals surface area contributed by atoms with Crippen molar-refractivity contribution in [3.63, 3.8) is 0 Å². The van der Waals surface area contributed by atoms with Crippen LogP contribution in [0.5, 0.6) is 0 Å². The summed E-state index contributed by atoms with van der Waals surface area (Å²) in [6, 6.07) is 2.47. The summed E-state index contributed by atoms with van der Waals surface area (Å²) in [6.07, 6.45) is 6.01. The normalized spacial score (nSPS) is 30.0. The van der Waals surface area contributed by atoms with Crippen LogP contribution in [0.2, 0.25) is 0 Å². The van der Waals surface area contributed by atoms with Gasteiger partial charge in [0.25, 0.3) is 0 Å². The van der Waals surface area contributed by atoms with E-state index in [1.54, 1.807) is 0 Å². The third-order valence-electron chi connectivity index (χ3n) is 6.45. The van der Waals surface area contributed by atoms with E-state index in [0.29, 0.717) is 12.5 Å². The van der Waals surface area contributed by atoms with Gasteiger partial charge in [-0.2, -0.15) is 5.10 Å². The van der Waals surface area contributed by atoms with Crippen LogP contribution in [0.4, 0.5) is 0 Å². The van der Waals surface area contributed by atoms with Crippen LogP contribution < -0.4 is 0 Å². The highest BCUT2D eigenvalue weighted by Crippen LogP contribution is 2.43. The summed E-state index contributed by atoms with van der Waals surface area (Å²) in [5, 5.41) is 4.64. The van der Waals surface area contributed by atoms with Crippen LogP contribution in [0.15, 0.2) is 12.3 Å². The Labute approximate surface area is 165 Å². The molecule has 0 radical (unpaired) electrons. The molecule has 0 saturated carbocycles. The second kappa shape index (κ2) is 6.81. The van der Waals surface area contributed by atoms with Crippen molar-refractivity contribution in [2.45, 2.75) is 70.7 Å². The molecule has 7 heteroatoms. The Morgan fingerprint density at radius 1 is 1.25 bits per heavy atom. The molecule has 150 valence electrons. The Kier molecular flexibility index (Phi) is 4.39. The van der Waals surface area contributed by atoms with Crippen molar-refractivity contribution in [1.82, 2.24) is 24.4 Å². The first kappa shape index (κ1) is 18.1. The van der Waals surface area contributed by atoms with Gasteiger partial charge in [0.1, 0.15) is 0 Å². The molecular formula is C21H29N5O2. The Morgan fingerprint density at radius 3 is 2.82 bits per heavy atom. The molecule has 2 fully saturated rings. The van der Waals surface area contributed by atoms with Crippen LogP contribution in [-0.4, -0.2) is 68.2 Å². The molecular weight excluding hydrogens is 354 g/mol. The SMILES string of the molecule is Cc1cc2ncc3c(n2n1)C[C@H]1CC[C@H]3N1C(=O)CCN1C[C@@H](C)O[C@@H](C)C1. The summed E-state index contributed by atoms with van der Waals surface area (Å²) in [6.45, 7) is 8.85. The molecule has 3 aliphatic rings. The lowest BCUT2D eigenvalue weighted by molar-refractivity contribution is -0.136. The minimum Gasteiger partial charge on any atom is -0.373 e. The number of hydrogen-bond acceptors (Lipinski definition) is 5. The topological polar surface area (TPSA) is 63.0 Å². The van der Waals surface area contributed by atoms with Crippen molar-refractivity contribution in [3.8, 4) is 0 Å². The van der Waals surface area contributed by atoms with E-state index in [1.165, 1.54) is 11.3 Å². The predicted octanol–water partition coefficient (Wildman–Crippen LogP) is 2.13. The van der Waals surface area contributed by atoms with Gasteiger partial charge in [-0.1, -0.05) is 0 Å². The molecule has 7 nitrogen and oxygen atoms in total. The van der Waals surface area contributed by atoms with Crippen molar-refractivity contribution in [2.24, 2.45) is 0 Å². The van der Waals surface area contributed by atoms with Crippen LogP contribution in [0.3, 0.4) is 0 Å². The second-order valence-electron chi connectivity index (χ2n) is 8.73. The zero-order valence-electron chi connectivity index (χ0n) is 17.0. The monoisotopic (exact) mass is 383 g/mol. The van der Waals surface area contributed by atoms with Crippen molar-refractivity contribution in [3.05, 3.63) is 29.2 Å². The molecule has 0 N–H and O–H groups in total. The summed E-state index contributed by atoms with van der Waals surface area (Å²) in [5.74, 6) is 0.279. The maximum absolute atomic E-state index is 13.2. The largest absolute Gasteiger partial charge is 0.373 e. The minimum atomic E-state index is 0.158. The van der Waals surface area contributed by atoms with Crippen LogP contribution >= 0.6 is 0 Å². The van der Waals surface area contributed by atoms with Gasteiger partial charge in [-0.05, 0) is 33.6 Å². The van der Waals surface area contributed by atoms with E-state index >= 15 is 0 Å². The number of nitrogens with zero attached hydrogens (tertiary/aromatic N) is 5. The zero-order chi connectivity index (χ0) is 19.4. The third-order valence-corrected chi connectivity index (χ3v) is 6.45. The molecule has 28 heavy (non-hydrogen) atoms. The van der Waals surface area contributed by atoms with Gasteiger partial charge in [0.2, 0.25) is 5.91 Å². The first-order chi connectivity index (χ1) is 13.5. The minimum absolute atomic E-state index is 0.158. The predicted molar refractivity (Wildman–Crippen MR) is 105 cm³/mol. The van der Waals surface area contributed by atoms with Crippen LogP contribution in [-0.2, 0) is 16.0 Å². The Hall–Kier alpha value is -1.99. The fourth-order valence-electron chi connectivity index (χ4n) is 5.43. The van der Waals surface area contributed by atoms with Gasteiger partial charge in [0.05, 0.1) is 29.6 Å². The quantitative estimate of drug-likeness (QED) is 0.813. The molecule has 2 aromatic heterocycles. The highest BCUT2D eigenvalue weighted by atomic mass is 16.5. The molecule has 2 saturated heterocycles. The number of amides is 1. The molecule has 0 unspecified atom stereocenters. The molecule has 1 amide bonds. The highest BCUT2D eigenvalue weighted by molar-refractivity contribution is 5.78. The molecule has 4 atom stereocenters. The van der Waals surface area contributed by atoms with E-state index in [-0.39, 0.29) is 24.2 Å². The Balaban J connectivity index is 1.33. The maximum Gasteiger partial charge on any atom is 0.224 e. The van der Waals surface area contributed by atoms with Gasteiger partial charge in [0.15, 0.2) is 5.65 Å². The standard InChI is InChI=1S/C21H29N5O2/c1-13-8-20-22-10-17-18-5-4-16(9-19(17)26(20)23-13)25(18)21(27)6-7-24-11-14(2)28-15(3)12-24/h8,10,14-16,18H,4-7,9,11-12H2,1-3H3/t14-,15+,16-,18-/m1/s1. The van der Waals surface area contributed by atoms with E-state index in [4.69, 9.17) is 4.74 Å². The van der Waals surface area contributed by atoms with Crippen molar-refractivity contribution >= 4 is 11.6 Å². The lowest BCUT2D eigenvalue weighted by Crippen LogP contribution is -2.48. The van der Waals surface area contributed by atoms with E-state index in [9.17, 15) is 4.79 Å². The number of carbonyl (C=O) groups excluding carboxylic acids is 1. The first-order valence-electron chi connectivity index (χ1n) is 10.5. The summed E-state index contributed by atoms with van der Waals surface area (Å²) in [5.41, 5.74) is 4.32. The van der Waals surface area contributed by atoms with Gasteiger partial charge in [-0.25, -0.2) is 9.50 Å². The van der Waals surface area contributed by atoms with Crippen LogP contribution in [0, 0.1) is 6.92 Å². The number of fused-ring (bicyclic) bond motifs is 6. The first-order valence-corrected chi connectivity index (χ1v) is 10.5. The average Bonchev–Trinajstić information content (AvgIpc) is 3.18. The van der Waals surface area contributed by atoms with Gasteiger partial charge < -0.3 is 9.64 Å². The number of hydrogen-bond donors (Lipinski definition) is 0. The zero-order valence-corrected chi connectivity index (χ0v) is 17.0. The van der Waals surface area contributed by atoms with Crippen molar-refractivity contribution in [1.29, 1.82) is 0 Å². The average molecular weight is 383 g/mol. The van der Waals surface area contributed by atoms with Crippen molar-refractivity contribution < 1.29 is 9.53 Å². The molecule has 0 spiro atoms.